The van der Waals surface area contributed by atoms with E-state index in [1.165, 1.54) is 6.07 Å². The van der Waals surface area contributed by atoms with Gasteiger partial charge in [0.05, 0.1) is 6.61 Å². The van der Waals surface area contributed by atoms with Crippen LogP contribution in [0.3, 0.4) is 0 Å². The van der Waals surface area contributed by atoms with Gasteiger partial charge in [-0.25, -0.2) is 13.6 Å². The summed E-state index contributed by atoms with van der Waals surface area (Å²) in [6, 6.07) is 2.23. The lowest BCUT2D eigenvalue weighted by atomic mass is 10.0. The number of alkyl halides is 2. The zero-order valence-electron chi connectivity index (χ0n) is 10.1. The van der Waals surface area contributed by atoms with Crippen LogP contribution in [0.4, 0.5) is 8.78 Å². The Bertz CT molecular complexity index is 489. The van der Waals surface area contributed by atoms with Crippen molar-refractivity contribution in [3.63, 3.8) is 0 Å². The summed E-state index contributed by atoms with van der Waals surface area (Å²) in [6.45, 7) is 1.51. The molecule has 1 N–H and O–H groups in total. The molecule has 0 amide bonds. The van der Waals surface area contributed by atoms with Crippen molar-refractivity contribution >= 4 is 5.97 Å². The minimum Gasteiger partial charge on any atom is -0.464 e. The number of halogens is 2. The lowest BCUT2D eigenvalue weighted by Crippen LogP contribution is -2.17. The molecule has 2 rings (SSSR count). The Kier molecular flexibility index (Phi) is 3.84. The molecule has 1 aliphatic rings. The van der Waals surface area contributed by atoms with E-state index < -0.39 is 24.1 Å². The van der Waals surface area contributed by atoms with Gasteiger partial charge in [0.25, 0.3) is 6.43 Å². The fraction of sp³-hybridized carbons (Fsp3) is 0.417. The Hall–Kier alpha value is -1.89. The normalized spacial score (nSPS) is 14.6. The fourth-order valence-corrected chi connectivity index (χ4v) is 1.75. The molecule has 104 valence electrons. The van der Waals surface area contributed by atoms with Gasteiger partial charge in [-0.2, -0.15) is 0 Å². The van der Waals surface area contributed by atoms with Crippen molar-refractivity contribution in [2.75, 3.05) is 13.4 Å². The average molecular weight is 274 g/mol. The van der Waals surface area contributed by atoms with Crippen LogP contribution in [0.5, 0.6) is 11.5 Å². The highest BCUT2D eigenvalue weighted by Crippen LogP contribution is 2.40. The Morgan fingerprint density at radius 2 is 1.95 bits per heavy atom. The van der Waals surface area contributed by atoms with Crippen molar-refractivity contribution in [2.24, 2.45) is 0 Å². The third-order valence-corrected chi connectivity index (χ3v) is 2.62. The number of ether oxygens (including phenoxy) is 3. The molecule has 0 aromatic heterocycles. The first-order valence-electron chi connectivity index (χ1n) is 5.60. The van der Waals surface area contributed by atoms with E-state index in [1.54, 1.807) is 6.92 Å². The lowest BCUT2D eigenvalue weighted by molar-refractivity contribution is -0.153. The number of rotatable bonds is 4. The zero-order chi connectivity index (χ0) is 14.0. The third kappa shape index (κ3) is 2.60. The van der Waals surface area contributed by atoms with E-state index in [0.717, 1.165) is 6.07 Å². The highest BCUT2D eigenvalue weighted by atomic mass is 19.3. The van der Waals surface area contributed by atoms with Gasteiger partial charge in [0.1, 0.15) is 0 Å². The van der Waals surface area contributed by atoms with Gasteiger partial charge in [0.2, 0.25) is 6.79 Å². The van der Waals surface area contributed by atoms with E-state index in [-0.39, 0.29) is 30.5 Å². The molecule has 1 heterocycles. The standard InChI is InChI=1S/C12H12F2O5/c1-2-17-12(16)10(15)6-3-8-9(19-5-18-8)4-7(6)11(13)14/h3-4,10-11,15H,2,5H2,1H3. The smallest absolute Gasteiger partial charge is 0.339 e. The summed E-state index contributed by atoms with van der Waals surface area (Å²) in [5.74, 6) is -0.610. The van der Waals surface area contributed by atoms with Crippen LogP contribution in [0.2, 0.25) is 0 Å². The quantitative estimate of drug-likeness (QED) is 0.850. The topological polar surface area (TPSA) is 65.0 Å². The Balaban J connectivity index is 2.40. The second-order valence-corrected chi connectivity index (χ2v) is 3.79. The van der Waals surface area contributed by atoms with Crippen molar-refractivity contribution in [2.45, 2.75) is 19.5 Å². The fourth-order valence-electron chi connectivity index (χ4n) is 1.75. The second-order valence-electron chi connectivity index (χ2n) is 3.79. The number of benzene rings is 1. The molecule has 1 unspecified atom stereocenters. The van der Waals surface area contributed by atoms with E-state index in [4.69, 9.17) is 9.47 Å². The minimum absolute atomic E-state index is 0.0461. The highest BCUT2D eigenvalue weighted by molar-refractivity contribution is 5.77. The Labute approximate surface area is 107 Å². The van der Waals surface area contributed by atoms with Crippen LogP contribution in [-0.4, -0.2) is 24.5 Å². The van der Waals surface area contributed by atoms with E-state index in [1.807, 2.05) is 0 Å². The third-order valence-electron chi connectivity index (χ3n) is 2.62. The summed E-state index contributed by atoms with van der Waals surface area (Å²) in [7, 11) is 0. The lowest BCUT2D eigenvalue weighted by Gasteiger charge is -2.15. The van der Waals surface area contributed by atoms with E-state index >= 15 is 0 Å². The summed E-state index contributed by atoms with van der Waals surface area (Å²) in [5, 5.41) is 9.78. The number of carbonyl (C=O) groups excluding carboxylic acids is 1. The molecule has 5 nitrogen and oxygen atoms in total. The van der Waals surface area contributed by atoms with E-state index in [9.17, 15) is 18.7 Å². The number of fused-ring (bicyclic) bond motifs is 1. The summed E-state index contributed by atoms with van der Waals surface area (Å²) < 4.78 is 40.5. The maximum absolute atomic E-state index is 12.9. The molecule has 1 aromatic carbocycles. The number of hydrogen-bond donors (Lipinski definition) is 1. The molecule has 0 radical (unpaired) electrons. The van der Waals surface area contributed by atoms with Gasteiger partial charge < -0.3 is 19.3 Å². The molecule has 0 fully saturated rings. The largest absolute Gasteiger partial charge is 0.464 e. The van der Waals surface area contributed by atoms with Gasteiger partial charge in [-0.3, -0.25) is 0 Å². The van der Waals surface area contributed by atoms with Gasteiger partial charge in [-0.05, 0) is 19.1 Å². The maximum atomic E-state index is 12.9. The molecular weight excluding hydrogens is 262 g/mol. The molecule has 1 aliphatic heterocycles. The van der Waals surface area contributed by atoms with Crippen molar-refractivity contribution in [1.82, 2.24) is 0 Å². The van der Waals surface area contributed by atoms with Crippen molar-refractivity contribution in [3.05, 3.63) is 23.3 Å². The molecule has 0 saturated carbocycles. The molecule has 7 heteroatoms. The molecular formula is C12H12F2O5. The van der Waals surface area contributed by atoms with Gasteiger partial charge in [-0.1, -0.05) is 0 Å². The predicted molar refractivity (Wildman–Crippen MR) is 59.1 cm³/mol. The molecule has 1 aromatic rings. The monoisotopic (exact) mass is 274 g/mol. The van der Waals surface area contributed by atoms with Gasteiger partial charge >= 0.3 is 5.97 Å². The van der Waals surface area contributed by atoms with E-state index in [0.29, 0.717) is 0 Å². The summed E-state index contributed by atoms with van der Waals surface area (Å²) in [4.78, 5) is 11.4. The van der Waals surface area contributed by atoms with Crippen molar-refractivity contribution in [1.29, 1.82) is 0 Å². The van der Waals surface area contributed by atoms with Crippen LogP contribution in [0.1, 0.15) is 30.6 Å². The van der Waals surface area contributed by atoms with Crippen LogP contribution >= 0.6 is 0 Å². The highest BCUT2D eigenvalue weighted by Gasteiger charge is 2.29. The zero-order valence-corrected chi connectivity index (χ0v) is 10.1. The van der Waals surface area contributed by atoms with Gasteiger partial charge in [0.15, 0.2) is 17.6 Å². The number of esters is 1. The van der Waals surface area contributed by atoms with Crippen molar-refractivity contribution < 1.29 is 32.9 Å². The molecule has 1 atom stereocenters. The number of aliphatic hydroxyl groups is 1. The molecule has 0 saturated heterocycles. The Morgan fingerprint density at radius 1 is 1.37 bits per heavy atom. The van der Waals surface area contributed by atoms with Crippen LogP contribution in [-0.2, 0) is 9.53 Å². The molecule has 0 bridgehead atoms. The van der Waals surface area contributed by atoms with E-state index in [2.05, 4.69) is 4.74 Å². The molecule has 19 heavy (non-hydrogen) atoms. The molecule has 0 aliphatic carbocycles. The van der Waals surface area contributed by atoms with Gasteiger partial charge in [-0.15, -0.1) is 0 Å². The van der Waals surface area contributed by atoms with Crippen molar-refractivity contribution in [3.8, 4) is 11.5 Å². The minimum atomic E-state index is -2.85. The number of hydrogen-bond acceptors (Lipinski definition) is 5. The Morgan fingerprint density at radius 3 is 2.47 bits per heavy atom. The first kappa shape index (κ1) is 13.5. The SMILES string of the molecule is CCOC(=O)C(O)c1cc2c(cc1C(F)F)OCO2. The van der Waals surface area contributed by atoms with Gasteiger partial charge in [0, 0.05) is 11.1 Å². The van der Waals surface area contributed by atoms with Crippen LogP contribution in [0.25, 0.3) is 0 Å². The summed E-state index contributed by atoms with van der Waals surface area (Å²) in [6.07, 6.45) is -4.63. The second kappa shape index (κ2) is 5.40. The molecule has 0 spiro atoms. The first-order chi connectivity index (χ1) is 9.04. The summed E-state index contributed by atoms with van der Waals surface area (Å²) >= 11 is 0. The van der Waals surface area contributed by atoms with Crippen LogP contribution in [0, 0.1) is 0 Å². The first-order valence-corrected chi connectivity index (χ1v) is 5.60. The average Bonchev–Trinajstić information content (AvgIpc) is 2.83. The van der Waals surface area contributed by atoms with Crippen LogP contribution < -0.4 is 9.47 Å². The summed E-state index contributed by atoms with van der Waals surface area (Å²) in [5.41, 5.74) is -0.720. The number of aliphatic hydroxyl groups excluding tert-OH is 1. The predicted octanol–water partition coefficient (Wildman–Crippen LogP) is 1.95. The van der Waals surface area contributed by atoms with Crippen LogP contribution in [0.15, 0.2) is 12.1 Å². The maximum Gasteiger partial charge on any atom is 0.339 e. The number of carbonyl (C=O) groups is 1.